The maximum atomic E-state index is 5.98. The van der Waals surface area contributed by atoms with Gasteiger partial charge in [-0.3, -0.25) is 0 Å². The van der Waals surface area contributed by atoms with Crippen molar-refractivity contribution in [3.8, 4) is 56.4 Å². The van der Waals surface area contributed by atoms with Crippen LogP contribution in [0.15, 0.2) is 84.9 Å². The Labute approximate surface area is 174 Å². The predicted octanol–water partition coefficient (Wildman–Crippen LogP) is 6.15. The minimum atomic E-state index is 0.202. The Balaban J connectivity index is 1.72. The number of benzene rings is 4. The molecule has 0 spiro atoms. The minimum Gasteiger partial charge on any atom is -0.454 e. The van der Waals surface area contributed by atoms with Crippen LogP contribution in [0.3, 0.4) is 0 Å². The van der Waals surface area contributed by atoms with Gasteiger partial charge in [-0.05, 0) is 46.5 Å². The summed E-state index contributed by atoms with van der Waals surface area (Å²) in [7, 11) is 0. The molecule has 146 valence electrons. The molecule has 0 amide bonds. The number of rotatable bonds is 3. The summed E-state index contributed by atoms with van der Waals surface area (Å²) in [6.45, 7) is 0.404. The summed E-state index contributed by atoms with van der Waals surface area (Å²) in [6, 6.07) is 28.7. The van der Waals surface area contributed by atoms with Gasteiger partial charge in [0.2, 0.25) is 13.6 Å². The zero-order valence-corrected chi connectivity index (χ0v) is 16.1. The van der Waals surface area contributed by atoms with Gasteiger partial charge in [-0.2, -0.15) is 0 Å². The molecule has 2 aliphatic rings. The Morgan fingerprint density at radius 1 is 0.433 bits per heavy atom. The van der Waals surface area contributed by atoms with E-state index in [0.29, 0.717) is 0 Å². The van der Waals surface area contributed by atoms with Gasteiger partial charge < -0.3 is 18.9 Å². The summed E-state index contributed by atoms with van der Waals surface area (Å²) in [5.41, 5.74) is 6.22. The van der Waals surface area contributed by atoms with Crippen molar-refractivity contribution in [2.75, 3.05) is 13.6 Å². The molecule has 6 rings (SSSR count). The van der Waals surface area contributed by atoms with Crippen LogP contribution in [-0.2, 0) is 0 Å². The quantitative estimate of drug-likeness (QED) is 0.418. The van der Waals surface area contributed by atoms with E-state index in [-0.39, 0.29) is 13.6 Å². The smallest absolute Gasteiger partial charge is 0.231 e. The van der Waals surface area contributed by atoms with Crippen molar-refractivity contribution in [1.29, 1.82) is 0 Å². The fourth-order valence-electron chi connectivity index (χ4n) is 4.16. The van der Waals surface area contributed by atoms with E-state index >= 15 is 0 Å². The first-order valence-corrected chi connectivity index (χ1v) is 9.86. The Morgan fingerprint density at radius 3 is 1.30 bits per heavy atom. The fraction of sp³-hybridized carbons (Fsp3) is 0.0769. The molecule has 0 radical (unpaired) electrons. The lowest BCUT2D eigenvalue weighted by Gasteiger charge is -2.18. The fourth-order valence-corrected chi connectivity index (χ4v) is 4.16. The van der Waals surface area contributed by atoms with E-state index in [4.69, 9.17) is 18.9 Å². The van der Waals surface area contributed by atoms with E-state index in [9.17, 15) is 0 Å². The highest BCUT2D eigenvalue weighted by atomic mass is 16.7. The summed E-state index contributed by atoms with van der Waals surface area (Å²) in [5.74, 6) is 2.94. The lowest BCUT2D eigenvalue weighted by atomic mass is 9.87. The van der Waals surface area contributed by atoms with Gasteiger partial charge in [-0.1, -0.05) is 60.7 Å². The molecule has 0 N–H and O–H groups in total. The van der Waals surface area contributed by atoms with Gasteiger partial charge in [0.15, 0.2) is 23.0 Å². The molecular formula is C26H18O4. The molecule has 0 aliphatic carbocycles. The van der Waals surface area contributed by atoms with Gasteiger partial charge in [0.25, 0.3) is 0 Å². The van der Waals surface area contributed by atoms with Crippen LogP contribution in [0.25, 0.3) is 33.4 Å². The normalized spacial score (nSPS) is 13.5. The lowest BCUT2D eigenvalue weighted by Crippen LogP contribution is -1.97. The second-order valence-corrected chi connectivity index (χ2v) is 7.18. The summed E-state index contributed by atoms with van der Waals surface area (Å²) in [5, 5.41) is 0. The Kier molecular flexibility index (Phi) is 3.88. The number of fused-ring (bicyclic) bond motifs is 2. The molecule has 2 aliphatic heterocycles. The minimum absolute atomic E-state index is 0.202. The van der Waals surface area contributed by atoms with Crippen molar-refractivity contribution in [2.24, 2.45) is 0 Å². The lowest BCUT2D eigenvalue weighted by molar-refractivity contribution is 0.173. The first-order chi connectivity index (χ1) is 14.9. The number of ether oxygens (including phenoxy) is 4. The molecule has 0 unspecified atom stereocenters. The molecule has 0 atom stereocenters. The largest absolute Gasteiger partial charge is 0.454 e. The van der Waals surface area contributed by atoms with Crippen molar-refractivity contribution in [2.45, 2.75) is 0 Å². The SMILES string of the molecule is c1ccc(-c2ccc3c(c2-c2c(-c4ccccc4)ccc4c2OCO4)OCO3)cc1. The Hall–Kier alpha value is -3.92. The third-order valence-corrected chi connectivity index (χ3v) is 5.50. The van der Waals surface area contributed by atoms with Crippen LogP contribution in [0.5, 0.6) is 23.0 Å². The van der Waals surface area contributed by atoms with Gasteiger partial charge >= 0.3 is 0 Å². The Bertz CT molecular complexity index is 1130. The average Bonchev–Trinajstić information content (AvgIpc) is 3.48. The first kappa shape index (κ1) is 17.0. The van der Waals surface area contributed by atoms with Crippen molar-refractivity contribution >= 4 is 0 Å². The number of hydrogen-bond acceptors (Lipinski definition) is 4. The molecule has 4 heteroatoms. The van der Waals surface area contributed by atoms with Crippen molar-refractivity contribution in [3.05, 3.63) is 84.9 Å². The third kappa shape index (κ3) is 2.61. The topological polar surface area (TPSA) is 36.9 Å². The number of hydrogen-bond donors (Lipinski definition) is 0. The summed E-state index contributed by atoms with van der Waals surface area (Å²) in [4.78, 5) is 0. The first-order valence-electron chi connectivity index (χ1n) is 9.86. The van der Waals surface area contributed by atoms with E-state index in [1.165, 1.54) is 0 Å². The van der Waals surface area contributed by atoms with Gasteiger partial charge in [-0.15, -0.1) is 0 Å². The van der Waals surface area contributed by atoms with Gasteiger partial charge in [0.1, 0.15) is 0 Å². The molecule has 4 aromatic rings. The molecule has 0 fully saturated rings. The van der Waals surface area contributed by atoms with Crippen LogP contribution < -0.4 is 18.9 Å². The molecule has 4 nitrogen and oxygen atoms in total. The van der Waals surface area contributed by atoms with E-state index in [2.05, 4.69) is 36.4 Å². The predicted molar refractivity (Wildman–Crippen MR) is 115 cm³/mol. The molecule has 30 heavy (non-hydrogen) atoms. The van der Waals surface area contributed by atoms with Crippen molar-refractivity contribution in [3.63, 3.8) is 0 Å². The third-order valence-electron chi connectivity index (χ3n) is 5.50. The average molecular weight is 394 g/mol. The van der Waals surface area contributed by atoms with E-state index in [0.717, 1.165) is 56.4 Å². The van der Waals surface area contributed by atoms with Crippen molar-refractivity contribution < 1.29 is 18.9 Å². The van der Waals surface area contributed by atoms with Crippen LogP contribution >= 0.6 is 0 Å². The second-order valence-electron chi connectivity index (χ2n) is 7.18. The van der Waals surface area contributed by atoms with E-state index in [1.54, 1.807) is 0 Å². The maximum Gasteiger partial charge on any atom is 0.231 e. The molecule has 4 aromatic carbocycles. The van der Waals surface area contributed by atoms with Crippen LogP contribution in [0, 0.1) is 0 Å². The molecule has 0 aromatic heterocycles. The maximum absolute atomic E-state index is 5.98. The summed E-state index contributed by atoms with van der Waals surface area (Å²) < 4.78 is 23.4. The zero-order chi connectivity index (χ0) is 19.9. The van der Waals surface area contributed by atoms with E-state index in [1.807, 2.05) is 48.5 Å². The second kappa shape index (κ2) is 6.85. The van der Waals surface area contributed by atoms with Crippen LogP contribution in [0.4, 0.5) is 0 Å². The molecule has 0 saturated heterocycles. The highest BCUT2D eigenvalue weighted by molar-refractivity contribution is 6.00. The highest BCUT2D eigenvalue weighted by Crippen LogP contribution is 2.55. The summed E-state index contributed by atoms with van der Waals surface area (Å²) >= 11 is 0. The van der Waals surface area contributed by atoms with Crippen molar-refractivity contribution in [1.82, 2.24) is 0 Å². The van der Waals surface area contributed by atoms with Crippen LogP contribution in [-0.4, -0.2) is 13.6 Å². The molecule has 0 saturated carbocycles. The summed E-state index contributed by atoms with van der Waals surface area (Å²) in [6.07, 6.45) is 0. The molecule has 2 heterocycles. The van der Waals surface area contributed by atoms with Crippen LogP contribution in [0.1, 0.15) is 0 Å². The van der Waals surface area contributed by atoms with Crippen LogP contribution in [0.2, 0.25) is 0 Å². The Morgan fingerprint density at radius 2 is 0.867 bits per heavy atom. The monoisotopic (exact) mass is 394 g/mol. The van der Waals surface area contributed by atoms with Gasteiger partial charge in [-0.25, -0.2) is 0 Å². The molecule has 0 bridgehead atoms. The molecular weight excluding hydrogens is 376 g/mol. The van der Waals surface area contributed by atoms with E-state index < -0.39 is 0 Å². The standard InChI is InChI=1S/C26H18O4/c1-3-7-17(8-4-1)19-11-13-21-25(29-15-27-21)23(19)24-20(18-9-5-2-6-10-18)12-14-22-26(24)30-16-28-22/h1-14H,15-16H2. The van der Waals surface area contributed by atoms with Gasteiger partial charge in [0, 0.05) is 11.1 Å². The zero-order valence-electron chi connectivity index (χ0n) is 16.1. The highest BCUT2D eigenvalue weighted by Gasteiger charge is 2.30. The van der Waals surface area contributed by atoms with Gasteiger partial charge in [0.05, 0.1) is 0 Å².